The lowest BCUT2D eigenvalue weighted by Gasteiger charge is -2.23. The van der Waals surface area contributed by atoms with Gasteiger partial charge in [0.2, 0.25) is 17.6 Å². The van der Waals surface area contributed by atoms with Crippen LogP contribution >= 0.6 is 11.8 Å². The molecule has 38 heavy (non-hydrogen) atoms. The van der Waals surface area contributed by atoms with Crippen molar-refractivity contribution in [2.45, 2.75) is 16.6 Å². The summed E-state index contributed by atoms with van der Waals surface area (Å²) in [6.45, 7) is 0.811. The molecule has 0 bridgehead atoms. The van der Waals surface area contributed by atoms with E-state index in [1.165, 1.54) is 4.90 Å². The summed E-state index contributed by atoms with van der Waals surface area (Å²) in [4.78, 5) is 29.1. The van der Waals surface area contributed by atoms with Crippen molar-refractivity contribution in [3.63, 3.8) is 0 Å². The number of anilines is 2. The molecule has 3 aromatic carbocycles. The normalized spacial score (nSPS) is 16.2. The molecule has 0 spiro atoms. The number of thioether (sulfide) groups is 1. The highest BCUT2D eigenvalue weighted by Crippen LogP contribution is 2.49. The Bertz CT molecular complexity index is 1340. The minimum atomic E-state index is -0.318. The van der Waals surface area contributed by atoms with Gasteiger partial charge in [0.25, 0.3) is 0 Å². The van der Waals surface area contributed by atoms with Crippen LogP contribution < -0.4 is 33.9 Å². The lowest BCUT2D eigenvalue weighted by atomic mass is 10.1. The second kappa shape index (κ2) is 11.1. The van der Waals surface area contributed by atoms with Crippen molar-refractivity contribution in [3.05, 3.63) is 60.2 Å². The smallest absolute Gasteiger partial charge is 0.244 e. The summed E-state index contributed by atoms with van der Waals surface area (Å²) >= 11 is 1.56. The van der Waals surface area contributed by atoms with Crippen LogP contribution in [0.4, 0.5) is 11.4 Å². The van der Waals surface area contributed by atoms with Gasteiger partial charge < -0.3 is 33.9 Å². The van der Waals surface area contributed by atoms with Crippen LogP contribution in [0.3, 0.4) is 0 Å². The number of ether oxygens (including phenoxy) is 5. The molecule has 0 aliphatic carbocycles. The summed E-state index contributed by atoms with van der Waals surface area (Å²) in [5.41, 5.74) is 2.12. The third-order valence-corrected chi connectivity index (χ3v) is 7.60. The first kappa shape index (κ1) is 25.6. The highest BCUT2D eigenvalue weighted by Gasteiger charge is 2.31. The maximum Gasteiger partial charge on any atom is 0.244 e. The number of hydrogen-bond donors (Lipinski definition) is 1. The Kier molecular flexibility index (Phi) is 7.50. The summed E-state index contributed by atoms with van der Waals surface area (Å²) in [7, 11) is 4.67. The van der Waals surface area contributed by atoms with Gasteiger partial charge in [-0.1, -0.05) is 12.1 Å². The van der Waals surface area contributed by atoms with Crippen molar-refractivity contribution in [1.29, 1.82) is 0 Å². The number of para-hydroxylation sites is 1. The zero-order chi connectivity index (χ0) is 26.6. The molecule has 3 aromatic rings. The van der Waals surface area contributed by atoms with Crippen molar-refractivity contribution in [3.8, 4) is 28.7 Å². The summed E-state index contributed by atoms with van der Waals surface area (Å²) in [5.74, 6) is 2.25. The van der Waals surface area contributed by atoms with Crippen LogP contribution in [-0.4, -0.2) is 52.9 Å². The molecular weight excluding hydrogens is 508 g/mol. The van der Waals surface area contributed by atoms with Gasteiger partial charge >= 0.3 is 0 Å². The molecule has 0 radical (unpaired) electrons. The number of methoxy groups -OCH3 is 3. The van der Waals surface area contributed by atoms with E-state index < -0.39 is 0 Å². The third kappa shape index (κ3) is 5.17. The molecule has 2 aliphatic rings. The van der Waals surface area contributed by atoms with E-state index in [1.807, 2.05) is 36.4 Å². The molecule has 1 atom stereocenters. The summed E-state index contributed by atoms with van der Waals surface area (Å²) in [6, 6.07) is 16.5. The Balaban J connectivity index is 1.39. The average Bonchev–Trinajstić information content (AvgIpc) is 3.08. The fourth-order valence-electron chi connectivity index (χ4n) is 4.49. The van der Waals surface area contributed by atoms with Gasteiger partial charge in [-0.2, -0.15) is 0 Å². The fourth-order valence-corrected chi connectivity index (χ4v) is 5.75. The van der Waals surface area contributed by atoms with Crippen LogP contribution in [0.5, 0.6) is 28.7 Å². The molecule has 198 valence electrons. The Morgan fingerprint density at radius 1 is 0.974 bits per heavy atom. The number of hydrogen-bond acceptors (Lipinski definition) is 8. The molecule has 5 rings (SSSR count). The van der Waals surface area contributed by atoms with Gasteiger partial charge in [-0.15, -0.1) is 11.8 Å². The van der Waals surface area contributed by atoms with E-state index in [0.717, 1.165) is 10.5 Å². The van der Waals surface area contributed by atoms with Gasteiger partial charge in [-0.3, -0.25) is 9.59 Å². The zero-order valence-corrected chi connectivity index (χ0v) is 22.1. The van der Waals surface area contributed by atoms with E-state index in [9.17, 15) is 9.59 Å². The highest BCUT2D eigenvalue weighted by atomic mass is 32.2. The fraction of sp³-hybridized carbons (Fsp3) is 0.286. The van der Waals surface area contributed by atoms with Crippen LogP contribution in [-0.2, 0) is 9.59 Å². The van der Waals surface area contributed by atoms with E-state index in [1.54, 1.807) is 51.3 Å². The van der Waals surface area contributed by atoms with Gasteiger partial charge in [0.1, 0.15) is 19.8 Å². The molecule has 0 saturated heterocycles. The number of carbonyl (C=O) groups excluding carboxylic acids is 2. The number of nitrogens with one attached hydrogen (secondary N) is 1. The van der Waals surface area contributed by atoms with Crippen molar-refractivity contribution in [2.24, 2.45) is 0 Å². The van der Waals surface area contributed by atoms with Gasteiger partial charge in [-0.25, -0.2) is 0 Å². The Labute approximate surface area is 225 Å². The Morgan fingerprint density at radius 2 is 1.68 bits per heavy atom. The molecule has 0 fully saturated rings. The first-order valence-corrected chi connectivity index (χ1v) is 12.9. The van der Waals surface area contributed by atoms with Crippen LogP contribution in [0.15, 0.2) is 59.5 Å². The molecule has 9 nitrogen and oxygen atoms in total. The van der Waals surface area contributed by atoms with Crippen LogP contribution in [0.1, 0.15) is 17.2 Å². The van der Waals surface area contributed by atoms with Gasteiger partial charge in [0, 0.05) is 28.3 Å². The lowest BCUT2D eigenvalue weighted by Crippen LogP contribution is -2.38. The number of nitrogens with zero attached hydrogens (tertiary/aromatic N) is 1. The van der Waals surface area contributed by atoms with Crippen molar-refractivity contribution < 1.29 is 33.3 Å². The van der Waals surface area contributed by atoms with Gasteiger partial charge in [0.15, 0.2) is 23.0 Å². The van der Waals surface area contributed by atoms with Gasteiger partial charge in [-0.05, 0) is 42.0 Å². The molecule has 0 saturated carbocycles. The standard InChI is InChI=1S/C28H28N2O7S/c1-33-22-12-17(13-23(34-2)28(22)35-3)25-15-27(32)30(19-6-4-5-7-24(19)38-25)16-26(31)29-18-8-9-20-21(14-18)37-11-10-36-20/h4-9,12-14,25H,10-11,15-16H2,1-3H3,(H,29,31). The lowest BCUT2D eigenvalue weighted by molar-refractivity contribution is -0.121. The highest BCUT2D eigenvalue weighted by molar-refractivity contribution is 7.99. The first-order chi connectivity index (χ1) is 18.5. The first-order valence-electron chi connectivity index (χ1n) is 12.1. The topological polar surface area (TPSA) is 95.6 Å². The molecule has 2 heterocycles. The van der Waals surface area contributed by atoms with E-state index in [4.69, 9.17) is 23.7 Å². The van der Waals surface area contributed by atoms with Crippen LogP contribution in [0.25, 0.3) is 0 Å². The third-order valence-electron chi connectivity index (χ3n) is 6.27. The van der Waals surface area contributed by atoms with Crippen LogP contribution in [0, 0.1) is 0 Å². The SMILES string of the molecule is COc1cc(C2CC(=O)N(CC(=O)Nc3ccc4c(c3)OCCO4)c3ccccc3S2)cc(OC)c1OC. The average molecular weight is 537 g/mol. The van der Waals surface area contributed by atoms with Crippen molar-refractivity contribution in [2.75, 3.05) is 51.3 Å². The van der Waals surface area contributed by atoms with Gasteiger partial charge in [0.05, 0.1) is 27.0 Å². The number of benzene rings is 3. The number of fused-ring (bicyclic) bond motifs is 2. The predicted octanol–water partition coefficient (Wildman–Crippen LogP) is 4.69. The molecule has 1 unspecified atom stereocenters. The zero-order valence-electron chi connectivity index (χ0n) is 21.3. The molecular formula is C28H28N2O7S. The Hall–Kier alpha value is -4.05. The van der Waals surface area contributed by atoms with E-state index >= 15 is 0 Å². The maximum atomic E-state index is 13.6. The summed E-state index contributed by atoms with van der Waals surface area (Å²) < 4.78 is 27.7. The number of carbonyl (C=O) groups is 2. The number of rotatable bonds is 7. The largest absolute Gasteiger partial charge is 0.493 e. The van der Waals surface area contributed by atoms with Crippen LogP contribution in [0.2, 0.25) is 0 Å². The van der Waals surface area contributed by atoms with Crippen molar-refractivity contribution >= 4 is 35.0 Å². The molecule has 0 aromatic heterocycles. The monoisotopic (exact) mass is 536 g/mol. The maximum absolute atomic E-state index is 13.6. The minimum absolute atomic E-state index is 0.132. The van der Waals surface area contributed by atoms with Crippen molar-refractivity contribution in [1.82, 2.24) is 0 Å². The summed E-state index contributed by atoms with van der Waals surface area (Å²) in [5, 5.41) is 2.64. The second-order valence-corrected chi connectivity index (χ2v) is 9.87. The Morgan fingerprint density at radius 3 is 2.39 bits per heavy atom. The molecule has 1 N–H and O–H groups in total. The molecule has 2 aliphatic heterocycles. The predicted molar refractivity (Wildman–Crippen MR) is 144 cm³/mol. The summed E-state index contributed by atoms with van der Waals surface area (Å²) in [6.07, 6.45) is 0.176. The second-order valence-electron chi connectivity index (χ2n) is 8.62. The number of amides is 2. The molecule has 10 heteroatoms. The molecule has 2 amide bonds. The van der Waals surface area contributed by atoms with E-state index in [2.05, 4.69) is 5.32 Å². The van der Waals surface area contributed by atoms with E-state index in [0.29, 0.717) is 53.3 Å². The minimum Gasteiger partial charge on any atom is -0.493 e. The van der Waals surface area contributed by atoms with E-state index in [-0.39, 0.29) is 30.0 Å². The quantitative estimate of drug-likeness (QED) is 0.465.